The zero-order chi connectivity index (χ0) is 22.3. The summed E-state index contributed by atoms with van der Waals surface area (Å²) in [6.07, 6.45) is 3.97. The van der Waals surface area contributed by atoms with Gasteiger partial charge in [0, 0.05) is 38.6 Å². The predicted octanol–water partition coefficient (Wildman–Crippen LogP) is 3.66. The van der Waals surface area contributed by atoms with Gasteiger partial charge in [0.2, 0.25) is 0 Å². The molecule has 3 atom stereocenters. The van der Waals surface area contributed by atoms with Crippen molar-refractivity contribution in [2.45, 2.75) is 71.6 Å². The van der Waals surface area contributed by atoms with Gasteiger partial charge in [-0.3, -0.25) is 9.78 Å². The molecule has 7 nitrogen and oxygen atoms in total. The third-order valence-corrected chi connectivity index (χ3v) is 5.31. The van der Waals surface area contributed by atoms with E-state index in [-0.39, 0.29) is 31.6 Å². The van der Waals surface area contributed by atoms with Crippen LogP contribution < -0.4 is 4.74 Å². The number of hydrogen-bond acceptors (Lipinski definition) is 6. The standard InChI is InChI=1S/C23H38N2O5/c1-16(2)10-18(5)30-20-8-9-24-19(12-20)13-23(29-15-28-7)21(11-17(3)4)25(14-27-6)22(23)26/h8-9,12,16-18,21H,10-11,13-15H2,1-7H3/t18-,21+,23-/m1/s1. The summed E-state index contributed by atoms with van der Waals surface area (Å²) in [5.74, 6) is 1.62. The number of aromatic nitrogens is 1. The number of amides is 1. The zero-order valence-corrected chi connectivity index (χ0v) is 19.5. The molecule has 1 aliphatic heterocycles. The monoisotopic (exact) mass is 422 g/mol. The van der Waals surface area contributed by atoms with Gasteiger partial charge in [-0.1, -0.05) is 27.7 Å². The van der Waals surface area contributed by atoms with Crippen LogP contribution in [0.5, 0.6) is 5.75 Å². The zero-order valence-electron chi connectivity index (χ0n) is 19.5. The van der Waals surface area contributed by atoms with Crippen LogP contribution in [0.4, 0.5) is 0 Å². The van der Waals surface area contributed by atoms with Crippen molar-refractivity contribution in [1.82, 2.24) is 9.88 Å². The summed E-state index contributed by atoms with van der Waals surface area (Å²) in [5, 5.41) is 0. The summed E-state index contributed by atoms with van der Waals surface area (Å²) in [6.45, 7) is 11.0. The maximum Gasteiger partial charge on any atom is 0.259 e. The smallest absolute Gasteiger partial charge is 0.259 e. The first-order valence-electron chi connectivity index (χ1n) is 10.8. The van der Waals surface area contributed by atoms with Crippen LogP contribution in [0.2, 0.25) is 0 Å². The van der Waals surface area contributed by atoms with Gasteiger partial charge in [0.25, 0.3) is 5.91 Å². The molecule has 0 spiro atoms. The largest absolute Gasteiger partial charge is 0.491 e. The lowest BCUT2D eigenvalue weighted by molar-refractivity contribution is -0.235. The third-order valence-electron chi connectivity index (χ3n) is 5.31. The van der Waals surface area contributed by atoms with E-state index in [0.29, 0.717) is 18.3 Å². The van der Waals surface area contributed by atoms with Crippen LogP contribution in [0, 0.1) is 11.8 Å². The molecule has 7 heteroatoms. The lowest BCUT2D eigenvalue weighted by Gasteiger charge is -2.55. The molecule has 1 saturated heterocycles. The molecule has 0 unspecified atom stereocenters. The fourth-order valence-electron chi connectivity index (χ4n) is 4.17. The van der Waals surface area contributed by atoms with Gasteiger partial charge in [-0.2, -0.15) is 0 Å². The predicted molar refractivity (Wildman–Crippen MR) is 115 cm³/mol. The molecule has 0 radical (unpaired) electrons. The molecule has 1 aromatic rings. The van der Waals surface area contributed by atoms with Crippen molar-refractivity contribution >= 4 is 5.91 Å². The van der Waals surface area contributed by atoms with Gasteiger partial charge in [-0.15, -0.1) is 0 Å². The van der Waals surface area contributed by atoms with Gasteiger partial charge in [0.1, 0.15) is 19.3 Å². The number of rotatable bonds is 13. The lowest BCUT2D eigenvalue weighted by atomic mass is 9.75. The topological polar surface area (TPSA) is 70.1 Å². The molecule has 0 saturated carbocycles. The van der Waals surface area contributed by atoms with Gasteiger partial charge >= 0.3 is 0 Å². The van der Waals surface area contributed by atoms with E-state index in [1.165, 1.54) is 0 Å². The minimum Gasteiger partial charge on any atom is -0.491 e. The Morgan fingerprint density at radius 1 is 1.13 bits per heavy atom. The fourth-order valence-corrected chi connectivity index (χ4v) is 4.17. The van der Waals surface area contributed by atoms with Crippen molar-refractivity contribution in [2.75, 3.05) is 27.7 Å². The van der Waals surface area contributed by atoms with Crippen LogP contribution in [-0.4, -0.2) is 61.3 Å². The summed E-state index contributed by atoms with van der Waals surface area (Å²) in [4.78, 5) is 19.4. The van der Waals surface area contributed by atoms with E-state index in [2.05, 4.69) is 39.6 Å². The minimum atomic E-state index is -1.01. The highest BCUT2D eigenvalue weighted by atomic mass is 16.7. The number of pyridine rings is 1. The van der Waals surface area contributed by atoms with Crippen LogP contribution in [-0.2, 0) is 25.4 Å². The molecular formula is C23H38N2O5. The Morgan fingerprint density at radius 3 is 2.47 bits per heavy atom. The van der Waals surface area contributed by atoms with Crippen molar-refractivity contribution < 1.29 is 23.7 Å². The molecule has 2 heterocycles. The van der Waals surface area contributed by atoms with Crippen LogP contribution >= 0.6 is 0 Å². The van der Waals surface area contributed by atoms with E-state index in [0.717, 1.165) is 24.3 Å². The molecule has 1 aliphatic rings. The molecule has 0 N–H and O–H groups in total. The van der Waals surface area contributed by atoms with E-state index >= 15 is 0 Å². The normalized spacial score (nSPS) is 22.5. The van der Waals surface area contributed by atoms with Gasteiger partial charge in [-0.05, 0) is 37.7 Å². The second-order valence-corrected chi connectivity index (χ2v) is 9.00. The second kappa shape index (κ2) is 11.1. The molecular weight excluding hydrogens is 384 g/mol. The summed E-state index contributed by atoms with van der Waals surface area (Å²) >= 11 is 0. The molecule has 0 bridgehead atoms. The average Bonchev–Trinajstić information content (AvgIpc) is 2.67. The van der Waals surface area contributed by atoms with Crippen molar-refractivity contribution in [1.29, 1.82) is 0 Å². The van der Waals surface area contributed by atoms with Gasteiger partial charge in [0.15, 0.2) is 5.60 Å². The average molecular weight is 423 g/mol. The first-order chi connectivity index (χ1) is 14.2. The number of hydrogen-bond donors (Lipinski definition) is 0. The van der Waals surface area contributed by atoms with Gasteiger partial charge < -0.3 is 23.8 Å². The van der Waals surface area contributed by atoms with Crippen molar-refractivity contribution in [2.24, 2.45) is 11.8 Å². The van der Waals surface area contributed by atoms with Gasteiger partial charge in [-0.25, -0.2) is 0 Å². The summed E-state index contributed by atoms with van der Waals surface area (Å²) in [6, 6.07) is 3.66. The van der Waals surface area contributed by atoms with E-state index in [9.17, 15) is 4.79 Å². The van der Waals surface area contributed by atoms with E-state index in [4.69, 9.17) is 18.9 Å². The summed E-state index contributed by atoms with van der Waals surface area (Å²) in [7, 11) is 3.15. The number of ether oxygens (including phenoxy) is 4. The Balaban J connectivity index is 2.25. The quantitative estimate of drug-likeness (QED) is 0.357. The van der Waals surface area contributed by atoms with Crippen LogP contribution in [0.25, 0.3) is 0 Å². The number of carbonyl (C=O) groups excluding carboxylic acids is 1. The van der Waals surface area contributed by atoms with Crippen molar-refractivity contribution in [3.8, 4) is 5.75 Å². The third kappa shape index (κ3) is 5.93. The second-order valence-electron chi connectivity index (χ2n) is 9.00. The number of nitrogens with zero attached hydrogens (tertiary/aromatic N) is 2. The maximum atomic E-state index is 13.2. The van der Waals surface area contributed by atoms with Gasteiger partial charge in [0.05, 0.1) is 12.1 Å². The van der Waals surface area contributed by atoms with E-state index in [1.54, 1.807) is 25.3 Å². The number of likely N-dealkylation sites (tertiary alicyclic amines) is 1. The highest BCUT2D eigenvalue weighted by molar-refractivity contribution is 5.93. The molecule has 1 fully saturated rings. The van der Waals surface area contributed by atoms with Crippen LogP contribution in [0.15, 0.2) is 18.3 Å². The Labute approximate surface area is 181 Å². The fraction of sp³-hybridized carbons (Fsp3) is 0.739. The van der Waals surface area contributed by atoms with Crippen LogP contribution in [0.1, 0.15) is 53.2 Å². The maximum absolute atomic E-state index is 13.2. The van der Waals surface area contributed by atoms with Crippen LogP contribution in [0.3, 0.4) is 0 Å². The molecule has 2 rings (SSSR count). The lowest BCUT2D eigenvalue weighted by Crippen LogP contribution is -2.76. The first kappa shape index (κ1) is 24.6. The Hall–Kier alpha value is -1.70. The molecule has 170 valence electrons. The highest BCUT2D eigenvalue weighted by Gasteiger charge is 2.62. The Kier molecular flexibility index (Phi) is 9.07. The summed E-state index contributed by atoms with van der Waals surface area (Å²) < 4.78 is 22.5. The molecule has 1 amide bonds. The van der Waals surface area contributed by atoms with E-state index in [1.807, 2.05) is 12.1 Å². The Bertz CT molecular complexity index is 681. The van der Waals surface area contributed by atoms with Crippen molar-refractivity contribution in [3.63, 3.8) is 0 Å². The number of carbonyl (C=O) groups is 1. The Morgan fingerprint density at radius 2 is 1.87 bits per heavy atom. The first-order valence-corrected chi connectivity index (χ1v) is 10.8. The number of methoxy groups -OCH3 is 2. The molecule has 0 aliphatic carbocycles. The van der Waals surface area contributed by atoms with E-state index < -0.39 is 5.60 Å². The minimum absolute atomic E-state index is 0.0444. The summed E-state index contributed by atoms with van der Waals surface area (Å²) in [5.41, 5.74) is -0.243. The van der Waals surface area contributed by atoms with Crippen molar-refractivity contribution in [3.05, 3.63) is 24.0 Å². The highest BCUT2D eigenvalue weighted by Crippen LogP contribution is 2.41. The molecule has 0 aromatic carbocycles. The number of β-lactam (4-membered cyclic amide) rings is 1. The molecule has 30 heavy (non-hydrogen) atoms. The SMILES string of the molecule is COCO[C@@]1(Cc2cc(O[C@H](C)CC(C)C)ccn2)C(=O)N(COC)[C@H]1CC(C)C. The molecule has 1 aromatic heterocycles.